The molecular weight excluding hydrogens is 352 g/mol. The molecule has 1 N–H and O–H groups in total. The molecule has 0 spiro atoms. The number of aromatic nitrogens is 3. The van der Waals surface area contributed by atoms with E-state index in [4.69, 9.17) is 0 Å². The van der Waals surface area contributed by atoms with Gasteiger partial charge in [-0.1, -0.05) is 36.4 Å². The fourth-order valence-electron chi connectivity index (χ4n) is 3.44. The van der Waals surface area contributed by atoms with Gasteiger partial charge in [0, 0.05) is 19.3 Å². The molecule has 1 amide bonds. The summed E-state index contributed by atoms with van der Waals surface area (Å²) in [5, 5.41) is 3.47. The van der Waals surface area contributed by atoms with E-state index in [1.165, 1.54) is 9.96 Å². The van der Waals surface area contributed by atoms with Crippen molar-refractivity contribution in [3.8, 4) is 0 Å². The maximum atomic E-state index is 12.8. The maximum absolute atomic E-state index is 12.8. The predicted molar refractivity (Wildman–Crippen MR) is 110 cm³/mol. The van der Waals surface area contributed by atoms with Gasteiger partial charge in [-0.2, -0.15) is 0 Å². The van der Waals surface area contributed by atoms with Crippen LogP contribution in [-0.4, -0.2) is 25.9 Å². The number of pyridine rings is 1. The third-order valence-electron chi connectivity index (χ3n) is 5.03. The van der Waals surface area contributed by atoms with Gasteiger partial charge < -0.3 is 9.88 Å². The largest absolute Gasteiger partial charge is 0.348 e. The van der Waals surface area contributed by atoms with Gasteiger partial charge in [0.05, 0.1) is 5.39 Å². The van der Waals surface area contributed by atoms with Crippen molar-refractivity contribution in [2.45, 2.75) is 25.8 Å². The summed E-state index contributed by atoms with van der Waals surface area (Å²) in [6.45, 7) is 1.99. The molecule has 0 bridgehead atoms. The molecule has 1 aromatic carbocycles. The standard InChI is InChI=1S/C22H22N4O2/c1-15(11-12-16-8-4-3-5-9-16)23-21(27)18-14-17-20(25(18)2)24-19-10-6-7-13-26(19)22(17)28/h3-10,13-15H,11-12H2,1-2H3,(H,23,27). The maximum Gasteiger partial charge on any atom is 0.268 e. The molecular formula is C22H22N4O2. The lowest BCUT2D eigenvalue weighted by atomic mass is 10.1. The van der Waals surface area contributed by atoms with Gasteiger partial charge in [-0.05, 0) is 43.5 Å². The molecule has 1 atom stereocenters. The number of benzene rings is 1. The van der Waals surface area contributed by atoms with Gasteiger partial charge >= 0.3 is 0 Å². The van der Waals surface area contributed by atoms with Crippen LogP contribution in [0.2, 0.25) is 0 Å². The zero-order valence-electron chi connectivity index (χ0n) is 15.9. The highest BCUT2D eigenvalue weighted by Crippen LogP contribution is 2.15. The number of fused-ring (bicyclic) bond motifs is 2. The molecule has 0 aliphatic carbocycles. The van der Waals surface area contributed by atoms with E-state index in [9.17, 15) is 9.59 Å². The van der Waals surface area contributed by atoms with Crippen LogP contribution in [0.4, 0.5) is 0 Å². The van der Waals surface area contributed by atoms with Crippen LogP contribution in [0.1, 0.15) is 29.4 Å². The van der Waals surface area contributed by atoms with Crippen molar-refractivity contribution in [1.82, 2.24) is 19.3 Å². The van der Waals surface area contributed by atoms with E-state index in [2.05, 4.69) is 22.4 Å². The lowest BCUT2D eigenvalue weighted by Gasteiger charge is -2.14. The molecule has 1 unspecified atom stereocenters. The second-order valence-electron chi connectivity index (χ2n) is 7.07. The summed E-state index contributed by atoms with van der Waals surface area (Å²) in [6.07, 6.45) is 3.42. The highest BCUT2D eigenvalue weighted by atomic mass is 16.2. The summed E-state index contributed by atoms with van der Waals surface area (Å²) in [5.41, 5.74) is 2.58. The first-order chi connectivity index (χ1) is 13.5. The van der Waals surface area contributed by atoms with Crippen LogP contribution in [0.15, 0.2) is 65.6 Å². The minimum absolute atomic E-state index is 0.0128. The van der Waals surface area contributed by atoms with Gasteiger partial charge in [-0.3, -0.25) is 14.0 Å². The molecule has 6 nitrogen and oxygen atoms in total. The number of carbonyl (C=O) groups excluding carboxylic acids is 1. The highest BCUT2D eigenvalue weighted by Gasteiger charge is 2.18. The van der Waals surface area contributed by atoms with Crippen molar-refractivity contribution < 1.29 is 4.79 Å². The van der Waals surface area contributed by atoms with Gasteiger partial charge in [0.25, 0.3) is 11.5 Å². The first-order valence-electron chi connectivity index (χ1n) is 9.36. The minimum atomic E-state index is -0.200. The Morgan fingerprint density at radius 2 is 1.89 bits per heavy atom. The second kappa shape index (κ2) is 7.31. The monoisotopic (exact) mass is 374 g/mol. The average molecular weight is 374 g/mol. The Morgan fingerprint density at radius 1 is 1.14 bits per heavy atom. The first-order valence-corrected chi connectivity index (χ1v) is 9.36. The predicted octanol–water partition coefficient (Wildman–Crippen LogP) is 2.94. The molecule has 3 aromatic heterocycles. The number of aryl methyl sites for hydroxylation is 2. The molecule has 3 heterocycles. The number of carbonyl (C=O) groups is 1. The van der Waals surface area contributed by atoms with Gasteiger partial charge in [0.2, 0.25) is 0 Å². The molecule has 142 valence electrons. The zero-order chi connectivity index (χ0) is 19.7. The molecule has 0 radical (unpaired) electrons. The molecule has 6 heteroatoms. The number of nitrogens with zero attached hydrogens (tertiary/aromatic N) is 3. The van der Waals surface area contributed by atoms with Crippen molar-refractivity contribution in [3.05, 3.63) is 82.4 Å². The summed E-state index contributed by atoms with van der Waals surface area (Å²) < 4.78 is 3.18. The normalized spacial score (nSPS) is 12.4. The summed E-state index contributed by atoms with van der Waals surface area (Å²) >= 11 is 0. The molecule has 0 saturated heterocycles. The number of amides is 1. The molecule has 28 heavy (non-hydrogen) atoms. The number of hydrogen-bond donors (Lipinski definition) is 1. The molecule has 0 aliphatic heterocycles. The van der Waals surface area contributed by atoms with Crippen molar-refractivity contribution >= 4 is 22.6 Å². The summed E-state index contributed by atoms with van der Waals surface area (Å²) in [5.74, 6) is -0.200. The Hall–Kier alpha value is -3.41. The van der Waals surface area contributed by atoms with E-state index in [-0.39, 0.29) is 17.5 Å². The van der Waals surface area contributed by atoms with Crippen LogP contribution in [0.25, 0.3) is 16.7 Å². The third kappa shape index (κ3) is 3.29. The fraction of sp³-hybridized carbons (Fsp3) is 0.227. The van der Waals surface area contributed by atoms with Gasteiger partial charge in [-0.25, -0.2) is 4.98 Å². The summed E-state index contributed by atoms with van der Waals surface area (Å²) in [6, 6.07) is 17.2. The van der Waals surface area contributed by atoms with Crippen molar-refractivity contribution in [3.63, 3.8) is 0 Å². The second-order valence-corrected chi connectivity index (χ2v) is 7.07. The van der Waals surface area contributed by atoms with E-state index in [1.807, 2.05) is 31.2 Å². The van der Waals surface area contributed by atoms with Gasteiger partial charge in [-0.15, -0.1) is 0 Å². The third-order valence-corrected chi connectivity index (χ3v) is 5.03. The van der Waals surface area contributed by atoms with E-state index in [1.54, 1.807) is 36.0 Å². The smallest absolute Gasteiger partial charge is 0.268 e. The number of nitrogens with one attached hydrogen (secondary N) is 1. The van der Waals surface area contributed by atoms with Crippen LogP contribution in [0.3, 0.4) is 0 Å². The minimum Gasteiger partial charge on any atom is -0.348 e. The van der Waals surface area contributed by atoms with Crippen LogP contribution < -0.4 is 10.9 Å². The van der Waals surface area contributed by atoms with Crippen molar-refractivity contribution in [2.75, 3.05) is 0 Å². The van der Waals surface area contributed by atoms with Crippen molar-refractivity contribution in [2.24, 2.45) is 7.05 Å². The Bertz CT molecular complexity index is 1210. The van der Waals surface area contributed by atoms with Crippen LogP contribution >= 0.6 is 0 Å². The lowest BCUT2D eigenvalue weighted by molar-refractivity contribution is 0.0930. The molecule has 0 fully saturated rings. The summed E-state index contributed by atoms with van der Waals surface area (Å²) in [4.78, 5) is 30.1. The molecule has 4 rings (SSSR count). The zero-order valence-corrected chi connectivity index (χ0v) is 15.9. The topological polar surface area (TPSA) is 68.4 Å². The Balaban J connectivity index is 1.57. The van der Waals surface area contributed by atoms with Crippen LogP contribution in [-0.2, 0) is 13.5 Å². The fourth-order valence-corrected chi connectivity index (χ4v) is 3.44. The molecule has 0 aliphatic rings. The first kappa shape index (κ1) is 18.0. The van der Waals surface area contributed by atoms with E-state index in [0.29, 0.717) is 22.4 Å². The highest BCUT2D eigenvalue weighted by molar-refractivity contribution is 5.98. The Kier molecular flexibility index (Phi) is 4.69. The SMILES string of the molecule is CC(CCc1ccccc1)NC(=O)c1cc2c(=O)n3ccccc3nc2n1C. The van der Waals surface area contributed by atoms with Gasteiger partial charge in [0.15, 0.2) is 0 Å². The Labute approximate surface area is 162 Å². The number of rotatable bonds is 5. The molecule has 0 saturated carbocycles. The van der Waals surface area contributed by atoms with Crippen LogP contribution in [0, 0.1) is 0 Å². The van der Waals surface area contributed by atoms with Gasteiger partial charge in [0.1, 0.15) is 17.0 Å². The van der Waals surface area contributed by atoms with E-state index >= 15 is 0 Å². The average Bonchev–Trinajstić information content (AvgIpc) is 3.04. The quantitative estimate of drug-likeness (QED) is 0.584. The molecule has 4 aromatic rings. The van der Waals surface area contributed by atoms with E-state index < -0.39 is 0 Å². The van der Waals surface area contributed by atoms with Crippen molar-refractivity contribution in [1.29, 1.82) is 0 Å². The van der Waals surface area contributed by atoms with E-state index in [0.717, 1.165) is 12.8 Å². The summed E-state index contributed by atoms with van der Waals surface area (Å²) in [7, 11) is 1.76. The lowest BCUT2D eigenvalue weighted by Crippen LogP contribution is -2.34. The number of hydrogen-bond acceptors (Lipinski definition) is 3. The Morgan fingerprint density at radius 3 is 2.68 bits per heavy atom. The van der Waals surface area contributed by atoms with Crippen LogP contribution in [0.5, 0.6) is 0 Å².